The summed E-state index contributed by atoms with van der Waals surface area (Å²) >= 11 is 7.25. The lowest BCUT2D eigenvalue weighted by Gasteiger charge is -2.12. The van der Waals surface area contributed by atoms with Gasteiger partial charge in [0.2, 0.25) is 5.91 Å². The SMILES string of the molecule is COc1ccc(CNC(=O)C(C)Sc2nc3ncc(Cl)cc3[nH]2)cc1OC. The van der Waals surface area contributed by atoms with Gasteiger partial charge in [-0.2, -0.15) is 0 Å². The molecule has 2 N–H and O–H groups in total. The van der Waals surface area contributed by atoms with Gasteiger partial charge in [0, 0.05) is 12.7 Å². The van der Waals surface area contributed by atoms with Crippen molar-refractivity contribution in [3.05, 3.63) is 41.0 Å². The van der Waals surface area contributed by atoms with Crippen molar-refractivity contribution in [3.63, 3.8) is 0 Å². The van der Waals surface area contributed by atoms with Crippen molar-refractivity contribution in [2.24, 2.45) is 0 Å². The fourth-order valence-corrected chi connectivity index (χ4v) is 3.44. The molecule has 2 aromatic heterocycles. The Bertz CT molecular complexity index is 963. The Morgan fingerprint density at radius 3 is 2.81 bits per heavy atom. The van der Waals surface area contributed by atoms with E-state index in [2.05, 4.69) is 20.3 Å². The molecule has 0 bridgehead atoms. The molecule has 0 spiro atoms. The Morgan fingerprint density at radius 2 is 2.07 bits per heavy atom. The number of carbonyl (C=O) groups excluding carboxylic acids is 1. The van der Waals surface area contributed by atoms with Crippen molar-refractivity contribution < 1.29 is 14.3 Å². The average molecular weight is 407 g/mol. The van der Waals surface area contributed by atoms with Crippen LogP contribution in [0.15, 0.2) is 35.6 Å². The minimum Gasteiger partial charge on any atom is -0.493 e. The maximum absolute atomic E-state index is 12.4. The molecular formula is C18H19ClN4O3S. The van der Waals surface area contributed by atoms with Crippen LogP contribution in [0.3, 0.4) is 0 Å². The van der Waals surface area contributed by atoms with Gasteiger partial charge in [-0.15, -0.1) is 0 Å². The number of imidazole rings is 1. The van der Waals surface area contributed by atoms with Crippen molar-refractivity contribution in [1.82, 2.24) is 20.3 Å². The molecule has 1 amide bonds. The molecule has 0 aliphatic heterocycles. The molecular weight excluding hydrogens is 388 g/mol. The molecule has 9 heteroatoms. The number of aromatic nitrogens is 3. The van der Waals surface area contributed by atoms with Crippen LogP contribution >= 0.6 is 23.4 Å². The maximum atomic E-state index is 12.4. The summed E-state index contributed by atoms with van der Waals surface area (Å²) in [5.74, 6) is 1.18. The predicted octanol–water partition coefficient (Wildman–Crippen LogP) is 3.43. The number of nitrogens with one attached hydrogen (secondary N) is 2. The summed E-state index contributed by atoms with van der Waals surface area (Å²) in [6.45, 7) is 2.21. The van der Waals surface area contributed by atoms with E-state index < -0.39 is 0 Å². The molecule has 1 unspecified atom stereocenters. The molecule has 0 aliphatic carbocycles. The predicted molar refractivity (Wildman–Crippen MR) is 106 cm³/mol. The van der Waals surface area contributed by atoms with E-state index in [1.165, 1.54) is 11.8 Å². The van der Waals surface area contributed by atoms with Gasteiger partial charge in [-0.1, -0.05) is 29.4 Å². The summed E-state index contributed by atoms with van der Waals surface area (Å²) in [6, 6.07) is 7.29. The smallest absolute Gasteiger partial charge is 0.233 e. The zero-order valence-electron chi connectivity index (χ0n) is 15.1. The first-order valence-electron chi connectivity index (χ1n) is 8.16. The number of ether oxygens (including phenoxy) is 2. The second-order valence-corrected chi connectivity index (χ2v) is 7.50. The van der Waals surface area contributed by atoms with Crippen LogP contribution in [0.2, 0.25) is 5.02 Å². The lowest BCUT2D eigenvalue weighted by Crippen LogP contribution is -2.30. The van der Waals surface area contributed by atoms with E-state index in [0.717, 1.165) is 11.1 Å². The van der Waals surface area contributed by atoms with Crippen molar-refractivity contribution in [1.29, 1.82) is 0 Å². The van der Waals surface area contributed by atoms with Crippen LogP contribution < -0.4 is 14.8 Å². The van der Waals surface area contributed by atoms with Gasteiger partial charge in [0.1, 0.15) is 0 Å². The van der Waals surface area contributed by atoms with Gasteiger partial charge in [0.25, 0.3) is 0 Å². The van der Waals surface area contributed by atoms with Gasteiger partial charge in [-0.05, 0) is 30.7 Å². The fraction of sp³-hybridized carbons (Fsp3) is 0.278. The van der Waals surface area contributed by atoms with Gasteiger partial charge in [0.05, 0.1) is 30.0 Å². The average Bonchev–Trinajstić information content (AvgIpc) is 3.06. The van der Waals surface area contributed by atoms with E-state index in [1.807, 2.05) is 25.1 Å². The van der Waals surface area contributed by atoms with Gasteiger partial charge in [-0.3, -0.25) is 4.79 Å². The molecule has 0 fully saturated rings. The second kappa shape index (κ2) is 8.49. The van der Waals surface area contributed by atoms with Crippen LogP contribution in [0.1, 0.15) is 12.5 Å². The number of nitrogens with zero attached hydrogens (tertiary/aromatic N) is 2. The number of rotatable bonds is 7. The minimum absolute atomic E-state index is 0.0961. The van der Waals surface area contributed by atoms with Crippen molar-refractivity contribution in [2.45, 2.75) is 23.9 Å². The molecule has 27 heavy (non-hydrogen) atoms. The fourth-order valence-electron chi connectivity index (χ4n) is 2.45. The number of halogens is 1. The Hall–Kier alpha value is -2.45. The number of methoxy groups -OCH3 is 2. The number of amides is 1. The molecule has 0 radical (unpaired) electrons. The van der Waals surface area contributed by atoms with Crippen LogP contribution in [0, 0.1) is 0 Å². The molecule has 0 saturated carbocycles. The first-order valence-corrected chi connectivity index (χ1v) is 9.42. The Balaban J connectivity index is 1.60. The van der Waals surface area contributed by atoms with Gasteiger partial charge < -0.3 is 19.8 Å². The lowest BCUT2D eigenvalue weighted by molar-refractivity contribution is -0.120. The van der Waals surface area contributed by atoms with Crippen LogP contribution in [0.4, 0.5) is 0 Å². The quantitative estimate of drug-likeness (QED) is 0.584. The largest absolute Gasteiger partial charge is 0.493 e. The third-order valence-electron chi connectivity index (χ3n) is 3.85. The van der Waals surface area contributed by atoms with E-state index in [1.54, 1.807) is 26.5 Å². The first-order chi connectivity index (χ1) is 13.0. The highest BCUT2D eigenvalue weighted by Crippen LogP contribution is 2.28. The zero-order chi connectivity index (χ0) is 19.4. The molecule has 1 aromatic carbocycles. The van der Waals surface area contributed by atoms with Crippen molar-refractivity contribution in [3.8, 4) is 11.5 Å². The number of hydrogen-bond acceptors (Lipinski definition) is 6. The number of thioether (sulfide) groups is 1. The summed E-state index contributed by atoms with van der Waals surface area (Å²) in [7, 11) is 3.16. The highest BCUT2D eigenvalue weighted by Gasteiger charge is 2.17. The number of pyridine rings is 1. The molecule has 2 heterocycles. The van der Waals surface area contributed by atoms with Crippen molar-refractivity contribution >= 4 is 40.4 Å². The Labute approximate surface area is 165 Å². The maximum Gasteiger partial charge on any atom is 0.233 e. The molecule has 7 nitrogen and oxygen atoms in total. The van der Waals surface area contributed by atoms with Crippen LogP contribution in [0.25, 0.3) is 11.2 Å². The molecule has 3 aromatic rings. The lowest BCUT2D eigenvalue weighted by atomic mass is 10.2. The number of H-pyrrole nitrogens is 1. The van der Waals surface area contributed by atoms with Gasteiger partial charge >= 0.3 is 0 Å². The third-order valence-corrected chi connectivity index (χ3v) is 5.05. The van der Waals surface area contributed by atoms with Crippen LogP contribution in [-0.2, 0) is 11.3 Å². The van der Waals surface area contributed by atoms with E-state index in [0.29, 0.717) is 33.9 Å². The van der Waals surface area contributed by atoms with Gasteiger partial charge in [0.15, 0.2) is 22.3 Å². The first kappa shape index (κ1) is 19.3. The molecule has 0 aliphatic rings. The summed E-state index contributed by atoms with van der Waals surface area (Å²) in [5.41, 5.74) is 2.23. The van der Waals surface area contributed by atoms with Gasteiger partial charge in [-0.25, -0.2) is 9.97 Å². The number of benzene rings is 1. The summed E-state index contributed by atoms with van der Waals surface area (Å²) in [4.78, 5) is 24.0. The van der Waals surface area contributed by atoms with E-state index in [-0.39, 0.29) is 11.2 Å². The Morgan fingerprint density at radius 1 is 1.30 bits per heavy atom. The summed E-state index contributed by atoms with van der Waals surface area (Å²) < 4.78 is 10.5. The van der Waals surface area contributed by atoms with E-state index in [4.69, 9.17) is 21.1 Å². The topological polar surface area (TPSA) is 89.1 Å². The molecule has 0 saturated heterocycles. The highest BCUT2D eigenvalue weighted by molar-refractivity contribution is 8.00. The minimum atomic E-state index is -0.332. The third kappa shape index (κ3) is 4.64. The standard InChI is InChI=1S/C18H19ClN4O3S/c1-10(27-18-22-13-7-12(19)9-20-16(13)23-18)17(24)21-8-11-4-5-14(25-2)15(6-11)26-3/h4-7,9-10H,8H2,1-3H3,(H,21,24)(H,20,22,23). The molecule has 1 atom stereocenters. The number of carbonyl (C=O) groups is 1. The second-order valence-electron chi connectivity index (χ2n) is 5.73. The normalized spacial score (nSPS) is 12.0. The molecule has 3 rings (SSSR count). The molecule has 142 valence electrons. The van der Waals surface area contributed by atoms with E-state index in [9.17, 15) is 4.79 Å². The Kier molecular flexibility index (Phi) is 6.08. The van der Waals surface area contributed by atoms with Crippen LogP contribution in [0.5, 0.6) is 11.5 Å². The number of hydrogen-bond donors (Lipinski definition) is 2. The monoisotopic (exact) mass is 406 g/mol. The summed E-state index contributed by atoms with van der Waals surface area (Å²) in [5, 5.41) is 3.73. The number of fused-ring (bicyclic) bond motifs is 1. The van der Waals surface area contributed by atoms with Crippen LogP contribution in [-0.4, -0.2) is 40.3 Å². The van der Waals surface area contributed by atoms with Crippen molar-refractivity contribution in [2.75, 3.05) is 14.2 Å². The highest BCUT2D eigenvalue weighted by atomic mass is 35.5. The zero-order valence-corrected chi connectivity index (χ0v) is 16.6. The van der Waals surface area contributed by atoms with E-state index >= 15 is 0 Å². The summed E-state index contributed by atoms with van der Waals surface area (Å²) in [6.07, 6.45) is 1.54. The number of aromatic amines is 1.